The molecule has 0 spiro atoms. The minimum atomic E-state index is 0.305. The number of piperazine rings is 1. The Morgan fingerprint density at radius 1 is 1.47 bits per heavy atom. The van der Waals surface area contributed by atoms with Crippen LogP contribution in [0.15, 0.2) is 0 Å². The number of aldehydes is 1. The van der Waals surface area contributed by atoms with Crippen molar-refractivity contribution in [3.05, 3.63) is 10.6 Å². The molecule has 1 fully saturated rings. The fraction of sp³-hybridized carbons (Fsp3) is 0.714. The van der Waals surface area contributed by atoms with Crippen LogP contribution in [0.1, 0.15) is 49.0 Å². The molecule has 1 atom stereocenters. The van der Waals surface area contributed by atoms with Gasteiger partial charge in [0, 0.05) is 25.7 Å². The quantitative estimate of drug-likeness (QED) is 0.795. The van der Waals surface area contributed by atoms with Crippen molar-refractivity contribution in [1.82, 2.24) is 9.88 Å². The first kappa shape index (κ1) is 14.5. The van der Waals surface area contributed by atoms with Crippen LogP contribution >= 0.6 is 11.3 Å². The van der Waals surface area contributed by atoms with Crippen molar-refractivity contribution in [3.63, 3.8) is 0 Å². The van der Waals surface area contributed by atoms with Crippen LogP contribution in [0.4, 0.5) is 5.13 Å². The molecule has 106 valence electrons. The number of anilines is 1. The van der Waals surface area contributed by atoms with E-state index in [1.165, 1.54) is 11.3 Å². The molecule has 4 nitrogen and oxygen atoms in total. The second-order valence-corrected chi connectivity index (χ2v) is 6.45. The van der Waals surface area contributed by atoms with Gasteiger partial charge in [0.1, 0.15) is 0 Å². The molecule has 5 heteroatoms. The third kappa shape index (κ3) is 2.98. The maximum atomic E-state index is 11.1. The normalized spacial score (nSPS) is 21.1. The van der Waals surface area contributed by atoms with E-state index in [9.17, 15) is 4.79 Å². The zero-order chi connectivity index (χ0) is 14.0. The van der Waals surface area contributed by atoms with E-state index in [4.69, 9.17) is 0 Å². The fourth-order valence-electron chi connectivity index (χ4n) is 2.60. The number of carbonyl (C=O) groups excluding carboxylic acids is 1. The number of thiazole rings is 1. The first-order valence-electron chi connectivity index (χ1n) is 7.01. The van der Waals surface area contributed by atoms with Crippen LogP contribution in [0.25, 0.3) is 0 Å². The molecular formula is C14H23N3OS. The molecule has 1 aromatic rings. The Bertz CT molecular complexity index is 444. The van der Waals surface area contributed by atoms with Crippen molar-refractivity contribution in [1.29, 1.82) is 0 Å². The zero-order valence-electron chi connectivity index (χ0n) is 12.2. The molecule has 0 saturated carbocycles. The molecule has 0 aromatic carbocycles. The number of likely N-dealkylation sites (N-methyl/N-ethyl adjacent to an activating group) is 1. The second kappa shape index (κ2) is 6.01. The zero-order valence-corrected chi connectivity index (χ0v) is 13.0. The smallest absolute Gasteiger partial charge is 0.186 e. The third-order valence-electron chi connectivity index (χ3n) is 3.77. The van der Waals surface area contributed by atoms with E-state index in [1.807, 2.05) is 0 Å². The van der Waals surface area contributed by atoms with Crippen molar-refractivity contribution < 1.29 is 4.79 Å². The van der Waals surface area contributed by atoms with E-state index in [1.54, 1.807) is 0 Å². The van der Waals surface area contributed by atoms with Crippen LogP contribution in [-0.2, 0) is 0 Å². The van der Waals surface area contributed by atoms with Gasteiger partial charge in [0.25, 0.3) is 0 Å². The first-order valence-corrected chi connectivity index (χ1v) is 7.83. The van der Waals surface area contributed by atoms with Gasteiger partial charge in [-0.1, -0.05) is 32.1 Å². The Morgan fingerprint density at radius 3 is 2.68 bits per heavy atom. The van der Waals surface area contributed by atoms with Gasteiger partial charge >= 0.3 is 0 Å². The molecule has 1 saturated heterocycles. The Balaban J connectivity index is 2.17. The van der Waals surface area contributed by atoms with Gasteiger partial charge in [-0.05, 0) is 19.4 Å². The molecule has 0 bridgehead atoms. The highest BCUT2D eigenvalue weighted by molar-refractivity contribution is 7.17. The van der Waals surface area contributed by atoms with Crippen LogP contribution in [0.5, 0.6) is 0 Å². The molecule has 0 aliphatic carbocycles. The molecule has 0 N–H and O–H groups in total. The average Bonchev–Trinajstić information content (AvgIpc) is 2.83. The van der Waals surface area contributed by atoms with Crippen molar-refractivity contribution in [3.8, 4) is 0 Å². The molecule has 1 unspecified atom stereocenters. The van der Waals surface area contributed by atoms with Crippen molar-refractivity contribution >= 4 is 22.8 Å². The van der Waals surface area contributed by atoms with Gasteiger partial charge in [0.15, 0.2) is 11.4 Å². The molecule has 1 aromatic heterocycles. The highest BCUT2D eigenvalue weighted by Gasteiger charge is 2.25. The first-order chi connectivity index (χ1) is 9.06. The molecule has 2 heterocycles. The van der Waals surface area contributed by atoms with Crippen LogP contribution in [-0.4, -0.2) is 48.4 Å². The molecule has 19 heavy (non-hydrogen) atoms. The van der Waals surface area contributed by atoms with Crippen LogP contribution in [0, 0.1) is 0 Å². The van der Waals surface area contributed by atoms with E-state index in [0.29, 0.717) is 12.0 Å². The van der Waals surface area contributed by atoms with Gasteiger partial charge in [-0.2, -0.15) is 0 Å². The summed E-state index contributed by atoms with van der Waals surface area (Å²) in [7, 11) is 0. The third-order valence-corrected chi connectivity index (χ3v) is 4.82. The summed E-state index contributed by atoms with van der Waals surface area (Å²) < 4.78 is 0. The summed E-state index contributed by atoms with van der Waals surface area (Å²) in [6.45, 7) is 12.8. The minimum absolute atomic E-state index is 0.305. The van der Waals surface area contributed by atoms with Gasteiger partial charge in [-0.15, -0.1) is 0 Å². The standard InChI is InChI=1S/C14H23N3OS/c1-5-16-6-7-17(8-11(16)4)14-15-13(10(2)3)12(9-18)19-14/h9-11H,5-8H2,1-4H3. The summed E-state index contributed by atoms with van der Waals surface area (Å²) in [5, 5.41) is 1.01. The number of aromatic nitrogens is 1. The van der Waals surface area contributed by atoms with E-state index in [2.05, 4.69) is 42.5 Å². The molecule has 0 amide bonds. The van der Waals surface area contributed by atoms with E-state index < -0.39 is 0 Å². The van der Waals surface area contributed by atoms with Gasteiger partial charge in [-0.3, -0.25) is 9.69 Å². The lowest BCUT2D eigenvalue weighted by Gasteiger charge is -2.39. The van der Waals surface area contributed by atoms with E-state index in [0.717, 1.165) is 48.2 Å². The topological polar surface area (TPSA) is 36.4 Å². The van der Waals surface area contributed by atoms with Gasteiger partial charge in [-0.25, -0.2) is 4.98 Å². The lowest BCUT2D eigenvalue weighted by atomic mass is 10.1. The van der Waals surface area contributed by atoms with Crippen molar-refractivity contribution in [2.24, 2.45) is 0 Å². The number of hydrogen-bond donors (Lipinski definition) is 0. The number of nitrogens with zero attached hydrogens (tertiary/aromatic N) is 3. The minimum Gasteiger partial charge on any atom is -0.345 e. The largest absolute Gasteiger partial charge is 0.345 e. The highest BCUT2D eigenvalue weighted by atomic mass is 32.1. The molecule has 0 radical (unpaired) electrons. The number of carbonyl (C=O) groups is 1. The van der Waals surface area contributed by atoms with Crippen LogP contribution in [0.3, 0.4) is 0 Å². The van der Waals surface area contributed by atoms with Gasteiger partial charge in [0.05, 0.1) is 10.6 Å². The van der Waals surface area contributed by atoms with E-state index in [-0.39, 0.29) is 0 Å². The summed E-state index contributed by atoms with van der Waals surface area (Å²) in [6.07, 6.45) is 0.947. The second-order valence-electron chi connectivity index (χ2n) is 5.44. The molecular weight excluding hydrogens is 258 g/mol. The monoisotopic (exact) mass is 281 g/mol. The molecule has 1 aliphatic heterocycles. The Kier molecular flexibility index (Phi) is 4.58. The van der Waals surface area contributed by atoms with Crippen LogP contribution in [0.2, 0.25) is 0 Å². The summed E-state index contributed by atoms with van der Waals surface area (Å²) in [5.41, 5.74) is 0.945. The maximum Gasteiger partial charge on any atom is 0.186 e. The molecule has 2 rings (SSSR count). The van der Waals surface area contributed by atoms with Crippen molar-refractivity contribution in [2.45, 2.75) is 39.7 Å². The Labute approximate surface area is 119 Å². The van der Waals surface area contributed by atoms with Crippen molar-refractivity contribution in [2.75, 3.05) is 31.1 Å². The predicted molar refractivity (Wildman–Crippen MR) is 80.5 cm³/mol. The average molecular weight is 281 g/mol. The summed E-state index contributed by atoms with van der Waals surface area (Å²) in [4.78, 5) is 21.4. The maximum absolute atomic E-state index is 11.1. The van der Waals surface area contributed by atoms with Crippen LogP contribution < -0.4 is 4.90 Å². The number of hydrogen-bond acceptors (Lipinski definition) is 5. The lowest BCUT2D eigenvalue weighted by Crippen LogP contribution is -2.51. The van der Waals surface area contributed by atoms with Gasteiger partial charge < -0.3 is 4.90 Å². The Hall–Kier alpha value is -0.940. The highest BCUT2D eigenvalue weighted by Crippen LogP contribution is 2.30. The SMILES string of the molecule is CCN1CCN(c2nc(C(C)C)c(C=O)s2)CC1C. The summed E-state index contributed by atoms with van der Waals surface area (Å²) in [6, 6.07) is 0.546. The Morgan fingerprint density at radius 2 is 2.21 bits per heavy atom. The molecule has 1 aliphatic rings. The fourth-order valence-corrected chi connectivity index (χ4v) is 3.67. The predicted octanol–water partition coefficient (Wildman–Crippen LogP) is 2.61. The number of rotatable bonds is 4. The van der Waals surface area contributed by atoms with E-state index >= 15 is 0 Å². The summed E-state index contributed by atoms with van der Waals surface area (Å²) in [5.74, 6) is 0.305. The van der Waals surface area contributed by atoms with Gasteiger partial charge in [0.2, 0.25) is 0 Å². The summed E-state index contributed by atoms with van der Waals surface area (Å²) >= 11 is 1.53. The lowest BCUT2D eigenvalue weighted by molar-refractivity contribution is 0.112.